The molecule has 1 amide bonds. The number of anilines is 3. The van der Waals surface area contributed by atoms with Crippen LogP contribution < -0.4 is 15.4 Å². The number of ether oxygens (including phenoxy) is 1. The fourth-order valence-electron chi connectivity index (χ4n) is 2.28. The Hall–Kier alpha value is -3.41. The summed E-state index contributed by atoms with van der Waals surface area (Å²) in [5.41, 5.74) is 1.79. The van der Waals surface area contributed by atoms with Crippen LogP contribution in [0.5, 0.6) is 5.75 Å². The van der Waals surface area contributed by atoms with Crippen molar-refractivity contribution in [1.29, 1.82) is 0 Å². The van der Waals surface area contributed by atoms with Gasteiger partial charge in [-0.2, -0.15) is 0 Å². The number of hydrogen-bond acceptors (Lipinski definition) is 5. The molecule has 3 aromatic rings. The van der Waals surface area contributed by atoms with Gasteiger partial charge in [0.2, 0.25) is 5.91 Å². The summed E-state index contributed by atoms with van der Waals surface area (Å²) in [5.74, 6) is 1.61. The SMILES string of the molecule is COc1cccc(Nc2ccc(NC(=O)Cc3ccccc3)nn2)c1. The van der Waals surface area contributed by atoms with E-state index < -0.39 is 0 Å². The maximum Gasteiger partial charge on any atom is 0.229 e. The Morgan fingerprint density at radius 3 is 2.44 bits per heavy atom. The molecule has 6 heteroatoms. The molecule has 0 spiro atoms. The molecular formula is C19H18N4O2. The number of carbonyl (C=O) groups excluding carboxylic acids is 1. The second-order valence-corrected chi connectivity index (χ2v) is 5.37. The van der Waals surface area contributed by atoms with Crippen LogP contribution in [0.3, 0.4) is 0 Å². The molecule has 0 atom stereocenters. The third-order valence-corrected chi connectivity index (χ3v) is 3.48. The first-order chi connectivity index (χ1) is 12.2. The van der Waals surface area contributed by atoms with Gasteiger partial charge < -0.3 is 15.4 Å². The van der Waals surface area contributed by atoms with Crippen molar-refractivity contribution in [2.24, 2.45) is 0 Å². The topological polar surface area (TPSA) is 76.1 Å². The predicted molar refractivity (Wildman–Crippen MR) is 97.1 cm³/mol. The molecule has 0 fully saturated rings. The molecule has 1 heterocycles. The largest absolute Gasteiger partial charge is 0.497 e. The van der Waals surface area contributed by atoms with E-state index in [1.807, 2.05) is 54.6 Å². The number of nitrogens with zero attached hydrogens (tertiary/aromatic N) is 2. The molecule has 2 N–H and O–H groups in total. The van der Waals surface area contributed by atoms with Crippen molar-refractivity contribution in [3.05, 3.63) is 72.3 Å². The Bertz CT molecular complexity index is 836. The summed E-state index contributed by atoms with van der Waals surface area (Å²) >= 11 is 0. The number of benzene rings is 2. The van der Waals surface area contributed by atoms with Crippen LogP contribution in [-0.4, -0.2) is 23.2 Å². The van der Waals surface area contributed by atoms with Crippen molar-refractivity contribution < 1.29 is 9.53 Å². The molecule has 3 rings (SSSR count). The highest BCUT2D eigenvalue weighted by Gasteiger charge is 2.06. The van der Waals surface area contributed by atoms with Crippen molar-refractivity contribution in [1.82, 2.24) is 10.2 Å². The van der Waals surface area contributed by atoms with E-state index in [0.29, 0.717) is 18.1 Å². The Morgan fingerprint density at radius 2 is 1.72 bits per heavy atom. The minimum Gasteiger partial charge on any atom is -0.497 e. The van der Waals surface area contributed by atoms with Crippen LogP contribution in [0.2, 0.25) is 0 Å². The minimum atomic E-state index is -0.131. The quantitative estimate of drug-likeness (QED) is 0.722. The van der Waals surface area contributed by atoms with E-state index in [-0.39, 0.29) is 5.91 Å². The molecule has 2 aromatic carbocycles. The average molecular weight is 334 g/mol. The summed E-state index contributed by atoms with van der Waals surface area (Å²) in [5, 5.41) is 14.0. The molecule has 126 valence electrons. The van der Waals surface area contributed by atoms with Crippen molar-refractivity contribution in [2.45, 2.75) is 6.42 Å². The lowest BCUT2D eigenvalue weighted by Gasteiger charge is -2.08. The Labute approximate surface area is 145 Å². The Balaban J connectivity index is 1.59. The zero-order valence-electron chi connectivity index (χ0n) is 13.8. The van der Waals surface area contributed by atoms with Crippen molar-refractivity contribution >= 4 is 23.2 Å². The van der Waals surface area contributed by atoms with E-state index in [4.69, 9.17) is 4.74 Å². The third kappa shape index (κ3) is 4.78. The summed E-state index contributed by atoms with van der Waals surface area (Å²) in [6.07, 6.45) is 0.298. The van der Waals surface area contributed by atoms with Crippen LogP contribution in [-0.2, 0) is 11.2 Å². The number of carbonyl (C=O) groups is 1. The Morgan fingerprint density at radius 1 is 0.960 bits per heavy atom. The molecule has 0 aliphatic rings. The lowest BCUT2D eigenvalue weighted by Crippen LogP contribution is -2.15. The molecular weight excluding hydrogens is 316 g/mol. The van der Waals surface area contributed by atoms with Gasteiger partial charge in [0.1, 0.15) is 5.75 Å². The second-order valence-electron chi connectivity index (χ2n) is 5.37. The van der Waals surface area contributed by atoms with Crippen molar-refractivity contribution in [3.8, 4) is 5.75 Å². The standard InChI is InChI=1S/C19H18N4O2/c1-25-16-9-5-8-15(13-16)20-17-10-11-18(23-22-17)21-19(24)12-14-6-3-2-4-7-14/h2-11,13H,12H2,1H3,(H,20,22)(H,21,23,24). The molecule has 6 nitrogen and oxygen atoms in total. The molecule has 1 aromatic heterocycles. The van der Waals surface area contributed by atoms with Gasteiger partial charge in [0.25, 0.3) is 0 Å². The number of nitrogens with one attached hydrogen (secondary N) is 2. The second kappa shape index (κ2) is 7.92. The highest BCUT2D eigenvalue weighted by atomic mass is 16.5. The van der Waals surface area contributed by atoms with Gasteiger partial charge in [0.05, 0.1) is 13.5 Å². The molecule has 0 aliphatic heterocycles. The molecule has 0 aliphatic carbocycles. The summed E-state index contributed by atoms with van der Waals surface area (Å²) in [7, 11) is 1.62. The van der Waals surface area contributed by atoms with Crippen LogP contribution >= 0.6 is 0 Å². The van der Waals surface area contributed by atoms with Crippen LogP contribution in [0.15, 0.2) is 66.7 Å². The summed E-state index contributed by atoms with van der Waals surface area (Å²) in [6.45, 7) is 0. The smallest absolute Gasteiger partial charge is 0.229 e. The molecule has 0 unspecified atom stereocenters. The lowest BCUT2D eigenvalue weighted by molar-refractivity contribution is -0.115. The van der Waals surface area contributed by atoms with Gasteiger partial charge in [-0.15, -0.1) is 10.2 Å². The van der Waals surface area contributed by atoms with Gasteiger partial charge in [0.15, 0.2) is 11.6 Å². The van der Waals surface area contributed by atoms with Gasteiger partial charge in [-0.25, -0.2) is 0 Å². The normalized spacial score (nSPS) is 10.1. The van der Waals surface area contributed by atoms with Gasteiger partial charge in [0, 0.05) is 11.8 Å². The average Bonchev–Trinajstić information content (AvgIpc) is 2.64. The highest BCUT2D eigenvalue weighted by molar-refractivity contribution is 5.91. The minimum absolute atomic E-state index is 0.131. The van der Waals surface area contributed by atoms with Gasteiger partial charge in [-0.1, -0.05) is 36.4 Å². The maximum absolute atomic E-state index is 12.0. The van der Waals surface area contributed by atoms with Crippen LogP contribution in [0.4, 0.5) is 17.3 Å². The van der Waals surface area contributed by atoms with E-state index in [0.717, 1.165) is 17.0 Å². The number of amides is 1. The molecule has 0 bridgehead atoms. The first-order valence-corrected chi connectivity index (χ1v) is 7.81. The molecule has 0 radical (unpaired) electrons. The van der Waals surface area contributed by atoms with Gasteiger partial charge in [-0.3, -0.25) is 4.79 Å². The maximum atomic E-state index is 12.0. The lowest BCUT2D eigenvalue weighted by atomic mass is 10.1. The van der Waals surface area contributed by atoms with Gasteiger partial charge in [-0.05, 0) is 29.8 Å². The van der Waals surface area contributed by atoms with Crippen molar-refractivity contribution in [2.75, 3.05) is 17.7 Å². The third-order valence-electron chi connectivity index (χ3n) is 3.48. The summed E-state index contributed by atoms with van der Waals surface area (Å²) in [6, 6.07) is 20.5. The number of rotatable bonds is 6. The monoisotopic (exact) mass is 334 g/mol. The van der Waals surface area contributed by atoms with E-state index >= 15 is 0 Å². The highest BCUT2D eigenvalue weighted by Crippen LogP contribution is 2.20. The Kier molecular flexibility index (Phi) is 5.21. The number of hydrogen-bond donors (Lipinski definition) is 2. The van der Waals surface area contributed by atoms with E-state index in [9.17, 15) is 4.79 Å². The first kappa shape index (κ1) is 16.4. The van der Waals surface area contributed by atoms with Crippen LogP contribution in [0.25, 0.3) is 0 Å². The summed E-state index contributed by atoms with van der Waals surface area (Å²) < 4.78 is 5.18. The van der Waals surface area contributed by atoms with E-state index in [1.165, 1.54) is 0 Å². The summed E-state index contributed by atoms with van der Waals surface area (Å²) in [4.78, 5) is 12.0. The number of aromatic nitrogens is 2. The van der Waals surface area contributed by atoms with Gasteiger partial charge >= 0.3 is 0 Å². The molecule has 0 saturated carbocycles. The number of methoxy groups -OCH3 is 1. The zero-order valence-corrected chi connectivity index (χ0v) is 13.8. The van der Waals surface area contributed by atoms with E-state index in [1.54, 1.807) is 19.2 Å². The molecule has 25 heavy (non-hydrogen) atoms. The fourth-order valence-corrected chi connectivity index (χ4v) is 2.28. The molecule has 0 saturated heterocycles. The fraction of sp³-hybridized carbons (Fsp3) is 0.105. The zero-order chi connectivity index (χ0) is 17.5. The van der Waals surface area contributed by atoms with Crippen LogP contribution in [0, 0.1) is 0 Å². The van der Waals surface area contributed by atoms with E-state index in [2.05, 4.69) is 20.8 Å². The van der Waals surface area contributed by atoms with Crippen molar-refractivity contribution in [3.63, 3.8) is 0 Å². The van der Waals surface area contributed by atoms with Crippen LogP contribution in [0.1, 0.15) is 5.56 Å². The predicted octanol–water partition coefficient (Wildman–Crippen LogP) is 3.41. The first-order valence-electron chi connectivity index (χ1n) is 7.81.